The quantitative estimate of drug-likeness (QED) is 0.683. The summed E-state index contributed by atoms with van der Waals surface area (Å²) in [4.78, 5) is 8.34. The summed E-state index contributed by atoms with van der Waals surface area (Å²) in [6.07, 6.45) is 6.04. The Bertz CT molecular complexity index is 310. The summed E-state index contributed by atoms with van der Waals surface area (Å²) in [5.41, 5.74) is 0.313. The van der Waals surface area contributed by atoms with Crippen molar-refractivity contribution in [1.29, 1.82) is 0 Å². The maximum Gasteiger partial charge on any atom is 0.222 e. The Morgan fingerprint density at radius 1 is 1.43 bits per heavy atom. The Labute approximate surface area is 102 Å². The zero-order valence-electron chi connectivity index (χ0n) is 7.63. The van der Waals surface area contributed by atoms with Gasteiger partial charge in [0, 0.05) is 33.8 Å². The van der Waals surface area contributed by atoms with E-state index in [1.807, 2.05) is 0 Å². The number of hydrogen-bond donors (Lipinski definition) is 1. The predicted octanol–water partition coefficient (Wildman–Crippen LogP) is 2.51. The van der Waals surface area contributed by atoms with E-state index in [1.54, 1.807) is 12.4 Å². The molecule has 0 saturated heterocycles. The van der Waals surface area contributed by atoms with E-state index in [9.17, 15) is 0 Å². The van der Waals surface area contributed by atoms with E-state index in [2.05, 4.69) is 37.9 Å². The standard InChI is InChI=1S/C9H11ClIN3/c10-5-9(1-2-9)6-14-8-12-3-7(11)4-13-8/h3-4H,1-2,5-6H2,(H,12,13,14). The van der Waals surface area contributed by atoms with Crippen LogP contribution in [0.15, 0.2) is 12.4 Å². The minimum Gasteiger partial charge on any atom is -0.354 e. The molecule has 1 N–H and O–H groups in total. The first-order valence-corrected chi connectivity index (χ1v) is 6.13. The highest BCUT2D eigenvalue weighted by Gasteiger charge is 2.41. The van der Waals surface area contributed by atoms with Crippen LogP contribution in [0.25, 0.3) is 0 Å². The molecular weight excluding hydrogens is 312 g/mol. The smallest absolute Gasteiger partial charge is 0.222 e. The highest BCUT2D eigenvalue weighted by atomic mass is 127. The lowest BCUT2D eigenvalue weighted by atomic mass is 10.1. The average molecular weight is 324 g/mol. The van der Waals surface area contributed by atoms with E-state index in [0.29, 0.717) is 11.4 Å². The number of anilines is 1. The first-order valence-electron chi connectivity index (χ1n) is 4.51. The van der Waals surface area contributed by atoms with Gasteiger partial charge in [0.1, 0.15) is 0 Å². The van der Waals surface area contributed by atoms with Gasteiger partial charge in [-0.25, -0.2) is 9.97 Å². The van der Waals surface area contributed by atoms with Crippen LogP contribution in [0.4, 0.5) is 5.95 Å². The Hall–Kier alpha value is -0.100. The van der Waals surface area contributed by atoms with Gasteiger partial charge in [0.2, 0.25) is 5.95 Å². The number of nitrogens with zero attached hydrogens (tertiary/aromatic N) is 2. The van der Waals surface area contributed by atoms with Crippen LogP contribution in [-0.4, -0.2) is 22.4 Å². The van der Waals surface area contributed by atoms with Gasteiger partial charge in [-0.05, 0) is 35.4 Å². The summed E-state index contributed by atoms with van der Waals surface area (Å²) in [6, 6.07) is 0. The summed E-state index contributed by atoms with van der Waals surface area (Å²) in [6.45, 7) is 0.886. The lowest BCUT2D eigenvalue weighted by molar-refractivity contribution is 0.615. The van der Waals surface area contributed by atoms with Crippen molar-refractivity contribution in [2.45, 2.75) is 12.8 Å². The highest BCUT2D eigenvalue weighted by Crippen LogP contribution is 2.46. The molecule has 0 aliphatic heterocycles. The number of rotatable bonds is 4. The van der Waals surface area contributed by atoms with Crippen LogP contribution in [0.1, 0.15) is 12.8 Å². The third-order valence-corrected chi connectivity index (χ3v) is 3.61. The van der Waals surface area contributed by atoms with Gasteiger partial charge in [0.15, 0.2) is 0 Å². The Balaban J connectivity index is 1.89. The maximum absolute atomic E-state index is 5.87. The number of halogens is 2. The predicted molar refractivity (Wildman–Crippen MR) is 65.6 cm³/mol. The molecule has 1 saturated carbocycles. The summed E-state index contributed by atoms with van der Waals surface area (Å²) in [5, 5.41) is 3.22. The average Bonchev–Trinajstić information content (AvgIpc) is 2.98. The van der Waals surface area contributed by atoms with Crippen LogP contribution in [0.2, 0.25) is 0 Å². The van der Waals surface area contributed by atoms with E-state index >= 15 is 0 Å². The number of aromatic nitrogens is 2. The molecule has 0 spiro atoms. The number of hydrogen-bond acceptors (Lipinski definition) is 3. The van der Waals surface area contributed by atoms with Crippen LogP contribution >= 0.6 is 34.2 Å². The zero-order valence-corrected chi connectivity index (χ0v) is 10.5. The number of alkyl halides is 1. The molecule has 1 aliphatic rings. The lowest BCUT2D eigenvalue weighted by Crippen LogP contribution is -2.18. The maximum atomic E-state index is 5.87. The Kier molecular flexibility index (Phi) is 3.11. The van der Waals surface area contributed by atoms with E-state index in [-0.39, 0.29) is 0 Å². The molecule has 1 aliphatic carbocycles. The third kappa shape index (κ3) is 2.48. The second-order valence-corrected chi connectivity index (χ2v) is 5.22. The van der Waals surface area contributed by atoms with Gasteiger partial charge < -0.3 is 5.32 Å². The van der Waals surface area contributed by atoms with Crippen LogP contribution in [0.5, 0.6) is 0 Å². The fourth-order valence-electron chi connectivity index (χ4n) is 1.20. The van der Waals surface area contributed by atoms with E-state index in [1.165, 1.54) is 12.8 Å². The largest absolute Gasteiger partial charge is 0.354 e. The molecule has 0 atom stereocenters. The Morgan fingerprint density at radius 3 is 2.57 bits per heavy atom. The molecule has 0 bridgehead atoms. The molecule has 0 unspecified atom stereocenters. The minimum absolute atomic E-state index is 0.313. The first-order chi connectivity index (χ1) is 6.74. The van der Waals surface area contributed by atoms with Gasteiger partial charge in [-0.1, -0.05) is 0 Å². The van der Waals surface area contributed by atoms with Crippen LogP contribution in [0.3, 0.4) is 0 Å². The summed E-state index contributed by atoms with van der Waals surface area (Å²) in [5.74, 6) is 1.42. The third-order valence-electron chi connectivity index (χ3n) is 2.48. The summed E-state index contributed by atoms with van der Waals surface area (Å²) >= 11 is 8.05. The van der Waals surface area contributed by atoms with E-state index in [0.717, 1.165) is 16.0 Å². The van der Waals surface area contributed by atoms with Gasteiger partial charge in [0.05, 0.1) is 0 Å². The van der Waals surface area contributed by atoms with Gasteiger partial charge in [0.25, 0.3) is 0 Å². The Morgan fingerprint density at radius 2 is 2.07 bits per heavy atom. The van der Waals surface area contributed by atoms with Gasteiger partial charge in [-0.2, -0.15) is 0 Å². The molecule has 1 aromatic rings. The molecule has 76 valence electrons. The second-order valence-electron chi connectivity index (χ2n) is 3.71. The topological polar surface area (TPSA) is 37.8 Å². The van der Waals surface area contributed by atoms with Crippen molar-refractivity contribution in [1.82, 2.24) is 9.97 Å². The van der Waals surface area contributed by atoms with Crippen LogP contribution in [0, 0.1) is 8.99 Å². The second kappa shape index (κ2) is 4.18. The molecule has 3 nitrogen and oxygen atoms in total. The van der Waals surface area contributed by atoms with Crippen molar-refractivity contribution < 1.29 is 0 Å². The van der Waals surface area contributed by atoms with Gasteiger partial charge in [-0.3, -0.25) is 0 Å². The molecule has 2 rings (SSSR count). The van der Waals surface area contributed by atoms with Gasteiger partial charge in [-0.15, -0.1) is 11.6 Å². The minimum atomic E-state index is 0.313. The molecule has 14 heavy (non-hydrogen) atoms. The van der Waals surface area contributed by atoms with Crippen molar-refractivity contribution in [3.8, 4) is 0 Å². The van der Waals surface area contributed by atoms with Crippen molar-refractivity contribution in [2.75, 3.05) is 17.7 Å². The SMILES string of the molecule is ClCC1(CNc2ncc(I)cn2)CC1. The monoisotopic (exact) mass is 323 g/mol. The van der Waals surface area contributed by atoms with E-state index in [4.69, 9.17) is 11.6 Å². The molecule has 1 aromatic heterocycles. The summed E-state index contributed by atoms with van der Waals surface area (Å²) < 4.78 is 1.05. The first kappa shape index (κ1) is 10.4. The van der Waals surface area contributed by atoms with Crippen LogP contribution < -0.4 is 5.32 Å². The molecule has 0 aromatic carbocycles. The zero-order chi connectivity index (χ0) is 10.0. The van der Waals surface area contributed by atoms with Crippen molar-refractivity contribution in [3.05, 3.63) is 16.0 Å². The molecule has 0 amide bonds. The van der Waals surface area contributed by atoms with Crippen LogP contribution in [-0.2, 0) is 0 Å². The van der Waals surface area contributed by atoms with E-state index < -0.39 is 0 Å². The molecule has 1 fully saturated rings. The molecule has 1 heterocycles. The number of nitrogens with one attached hydrogen (secondary N) is 1. The molecule has 0 radical (unpaired) electrons. The molecule has 5 heteroatoms. The van der Waals surface area contributed by atoms with Crippen molar-refractivity contribution in [3.63, 3.8) is 0 Å². The van der Waals surface area contributed by atoms with Gasteiger partial charge >= 0.3 is 0 Å². The lowest BCUT2D eigenvalue weighted by Gasteiger charge is -2.11. The summed E-state index contributed by atoms with van der Waals surface area (Å²) in [7, 11) is 0. The highest BCUT2D eigenvalue weighted by molar-refractivity contribution is 14.1. The normalized spacial score (nSPS) is 17.9. The van der Waals surface area contributed by atoms with Crippen molar-refractivity contribution >= 4 is 40.1 Å². The van der Waals surface area contributed by atoms with Crippen molar-refractivity contribution in [2.24, 2.45) is 5.41 Å². The molecular formula is C9H11ClIN3. The fraction of sp³-hybridized carbons (Fsp3) is 0.556. The fourth-order valence-corrected chi connectivity index (χ4v) is 1.84.